The van der Waals surface area contributed by atoms with E-state index in [2.05, 4.69) is 19.8 Å². The fraction of sp³-hybridized carbons (Fsp3) is 0.682. The first-order valence-electron chi connectivity index (χ1n) is 11.2. The zero-order valence-electron chi connectivity index (χ0n) is 18.4. The number of rotatable bonds is 5. The van der Waals surface area contributed by atoms with Crippen LogP contribution in [-0.4, -0.2) is 83.6 Å². The highest BCUT2D eigenvalue weighted by Gasteiger charge is 2.46. The lowest BCUT2D eigenvalue weighted by molar-refractivity contribution is -0.0396. The number of methoxy groups -OCH3 is 1. The summed E-state index contributed by atoms with van der Waals surface area (Å²) in [6.45, 7) is 2.79. The summed E-state index contributed by atoms with van der Waals surface area (Å²) in [4.78, 5) is 17.4. The summed E-state index contributed by atoms with van der Waals surface area (Å²) in [6, 6.07) is 0.305. The number of hydrogen-bond acceptors (Lipinski definition) is 8. The van der Waals surface area contributed by atoms with Crippen LogP contribution in [0.5, 0.6) is 6.01 Å². The number of aliphatic hydroxyl groups excluding tert-OH is 1. The number of likely N-dealkylation sites (tertiary alicyclic amines) is 1. The van der Waals surface area contributed by atoms with Crippen LogP contribution in [0, 0.1) is 11.2 Å². The van der Waals surface area contributed by atoms with Gasteiger partial charge < -0.3 is 19.5 Å². The lowest BCUT2D eigenvalue weighted by atomic mass is 9.62. The summed E-state index contributed by atoms with van der Waals surface area (Å²) in [5, 5.41) is 10.2. The molecule has 3 fully saturated rings. The number of fused-ring (bicyclic) bond motifs is 1. The molecular formula is C22H29ClFN5O3. The second kappa shape index (κ2) is 8.52. The van der Waals surface area contributed by atoms with Crippen LogP contribution in [0.1, 0.15) is 32.1 Å². The third kappa shape index (κ3) is 4.00. The van der Waals surface area contributed by atoms with Crippen molar-refractivity contribution in [2.24, 2.45) is 5.41 Å². The normalized spacial score (nSPS) is 30.8. The summed E-state index contributed by atoms with van der Waals surface area (Å²) >= 11 is 5.95. The number of pyridine rings is 1. The third-order valence-corrected chi connectivity index (χ3v) is 7.55. The highest BCUT2D eigenvalue weighted by atomic mass is 35.5. The Balaban J connectivity index is 1.44. The second-order valence-corrected chi connectivity index (χ2v) is 9.90. The molecule has 174 valence electrons. The maximum Gasteiger partial charge on any atom is 0.319 e. The first kappa shape index (κ1) is 22.0. The van der Waals surface area contributed by atoms with Crippen molar-refractivity contribution in [1.29, 1.82) is 0 Å². The molecule has 0 unspecified atom stereocenters. The van der Waals surface area contributed by atoms with Crippen LogP contribution in [-0.2, 0) is 4.74 Å². The monoisotopic (exact) mass is 465 g/mol. The minimum Gasteiger partial charge on any atom is -0.462 e. The highest BCUT2D eigenvalue weighted by Crippen LogP contribution is 2.48. The fourth-order valence-electron chi connectivity index (χ4n) is 5.53. The summed E-state index contributed by atoms with van der Waals surface area (Å²) in [7, 11) is 3.75. The van der Waals surface area contributed by atoms with E-state index in [9.17, 15) is 9.50 Å². The standard InChI is InChI=1S/C22H29ClFN5O3/c1-28-10-15(31-2)6-13(28)11-32-21-26-18-16(9-25-19(23)17(18)24)20(27-21)29-5-3-4-22(12-29)7-14(30)8-22/h9,13-15,30H,3-8,10-12H2,1-2H3/t13-,14?,15+,22?/m0/s1. The predicted octanol–water partition coefficient (Wildman–Crippen LogP) is 2.66. The largest absolute Gasteiger partial charge is 0.462 e. The Bertz CT molecular complexity index is 1000. The molecule has 1 saturated carbocycles. The van der Waals surface area contributed by atoms with Crippen LogP contribution in [0.4, 0.5) is 10.2 Å². The number of ether oxygens (including phenoxy) is 2. The van der Waals surface area contributed by atoms with E-state index in [0.717, 1.165) is 51.7 Å². The summed E-state index contributed by atoms with van der Waals surface area (Å²) < 4.78 is 26.3. The maximum atomic E-state index is 14.9. The molecule has 4 heterocycles. The minimum absolute atomic E-state index is 0.0933. The third-order valence-electron chi connectivity index (χ3n) is 7.29. The van der Waals surface area contributed by atoms with E-state index >= 15 is 0 Å². The molecule has 0 radical (unpaired) electrons. The van der Waals surface area contributed by atoms with Gasteiger partial charge in [0.25, 0.3) is 0 Å². The Morgan fingerprint density at radius 3 is 2.88 bits per heavy atom. The van der Waals surface area contributed by atoms with Crippen LogP contribution in [0.15, 0.2) is 6.20 Å². The molecule has 2 aliphatic heterocycles. The average Bonchev–Trinajstić information content (AvgIpc) is 3.13. The number of aliphatic hydroxyl groups is 1. The van der Waals surface area contributed by atoms with Gasteiger partial charge in [-0.25, -0.2) is 9.37 Å². The molecule has 1 aliphatic carbocycles. The van der Waals surface area contributed by atoms with Gasteiger partial charge in [0.05, 0.1) is 17.6 Å². The molecule has 5 rings (SSSR count). The van der Waals surface area contributed by atoms with Crippen molar-refractivity contribution in [2.45, 2.75) is 50.4 Å². The van der Waals surface area contributed by atoms with Gasteiger partial charge in [-0.15, -0.1) is 0 Å². The van der Waals surface area contributed by atoms with Crippen molar-refractivity contribution in [2.75, 3.05) is 45.3 Å². The van der Waals surface area contributed by atoms with Crippen LogP contribution in [0.25, 0.3) is 10.9 Å². The molecule has 10 heteroatoms. The molecule has 8 nitrogen and oxygen atoms in total. The highest BCUT2D eigenvalue weighted by molar-refractivity contribution is 6.30. The van der Waals surface area contributed by atoms with Crippen molar-refractivity contribution in [3.8, 4) is 6.01 Å². The van der Waals surface area contributed by atoms with E-state index in [0.29, 0.717) is 17.8 Å². The molecule has 2 saturated heterocycles. The van der Waals surface area contributed by atoms with Gasteiger partial charge in [0.2, 0.25) is 0 Å². The SMILES string of the molecule is CO[C@@H]1C[C@@H](COc2nc(N3CCCC4(CC(O)C4)C3)c3cnc(Cl)c(F)c3n2)N(C)C1. The number of likely N-dealkylation sites (N-methyl/N-ethyl adjacent to an activating group) is 1. The molecule has 2 atom stereocenters. The van der Waals surface area contributed by atoms with Crippen LogP contribution >= 0.6 is 11.6 Å². The molecule has 2 aromatic rings. The van der Waals surface area contributed by atoms with Gasteiger partial charge in [-0.1, -0.05) is 11.6 Å². The summed E-state index contributed by atoms with van der Waals surface area (Å²) in [5.41, 5.74) is 0.212. The van der Waals surface area contributed by atoms with Gasteiger partial charge in [0, 0.05) is 39.0 Å². The van der Waals surface area contributed by atoms with Gasteiger partial charge >= 0.3 is 6.01 Å². The first-order chi connectivity index (χ1) is 15.4. The minimum atomic E-state index is -0.666. The quantitative estimate of drug-likeness (QED) is 0.675. The number of anilines is 1. The molecule has 0 bridgehead atoms. The molecule has 3 aliphatic rings. The number of hydrogen-bond donors (Lipinski definition) is 1. The van der Waals surface area contributed by atoms with Crippen LogP contribution < -0.4 is 9.64 Å². The van der Waals surface area contributed by atoms with Crippen molar-refractivity contribution in [1.82, 2.24) is 19.9 Å². The molecular weight excluding hydrogens is 437 g/mol. The molecule has 1 N–H and O–H groups in total. The Labute approximate surface area is 191 Å². The van der Waals surface area contributed by atoms with E-state index in [-0.39, 0.29) is 40.3 Å². The van der Waals surface area contributed by atoms with E-state index in [1.807, 2.05) is 7.05 Å². The smallest absolute Gasteiger partial charge is 0.319 e. The van der Waals surface area contributed by atoms with E-state index in [4.69, 9.17) is 26.1 Å². The molecule has 0 aromatic carbocycles. The fourth-order valence-corrected chi connectivity index (χ4v) is 5.67. The lowest BCUT2D eigenvalue weighted by Crippen LogP contribution is -2.52. The second-order valence-electron chi connectivity index (χ2n) is 9.54. The van der Waals surface area contributed by atoms with Gasteiger partial charge in [-0.05, 0) is 44.6 Å². The Kier molecular flexibility index (Phi) is 5.86. The van der Waals surface area contributed by atoms with E-state index in [1.54, 1.807) is 7.11 Å². The molecule has 32 heavy (non-hydrogen) atoms. The number of piperidine rings is 1. The van der Waals surface area contributed by atoms with Crippen LogP contribution in [0.2, 0.25) is 5.15 Å². The van der Waals surface area contributed by atoms with Gasteiger partial charge in [0.1, 0.15) is 17.9 Å². The summed E-state index contributed by atoms with van der Waals surface area (Å²) in [6.07, 6.45) is 5.99. The molecule has 2 aromatic heterocycles. The zero-order valence-corrected chi connectivity index (χ0v) is 19.2. The molecule has 0 amide bonds. The Morgan fingerprint density at radius 1 is 1.34 bits per heavy atom. The van der Waals surface area contributed by atoms with Crippen molar-refractivity contribution in [3.63, 3.8) is 0 Å². The molecule has 1 spiro atoms. The summed E-state index contributed by atoms with van der Waals surface area (Å²) in [5.74, 6) is -0.0519. The zero-order chi connectivity index (χ0) is 22.5. The van der Waals surface area contributed by atoms with Gasteiger partial charge in [0.15, 0.2) is 11.0 Å². The van der Waals surface area contributed by atoms with Crippen molar-refractivity contribution < 1.29 is 19.0 Å². The predicted molar refractivity (Wildman–Crippen MR) is 119 cm³/mol. The Hall–Kier alpha value is -1.81. The van der Waals surface area contributed by atoms with Gasteiger partial charge in [-0.2, -0.15) is 9.97 Å². The maximum absolute atomic E-state index is 14.9. The number of nitrogens with zero attached hydrogens (tertiary/aromatic N) is 5. The van der Waals surface area contributed by atoms with Crippen LogP contribution in [0.3, 0.4) is 0 Å². The first-order valence-corrected chi connectivity index (χ1v) is 11.6. The average molecular weight is 466 g/mol. The van der Waals surface area contributed by atoms with Gasteiger partial charge in [-0.3, -0.25) is 4.90 Å². The van der Waals surface area contributed by atoms with E-state index < -0.39 is 5.82 Å². The number of halogens is 2. The lowest BCUT2D eigenvalue weighted by Gasteiger charge is -2.51. The number of aromatic nitrogens is 3. The van der Waals surface area contributed by atoms with E-state index in [1.165, 1.54) is 6.20 Å². The Morgan fingerprint density at radius 2 is 2.16 bits per heavy atom. The van der Waals surface area contributed by atoms with Crippen molar-refractivity contribution in [3.05, 3.63) is 17.2 Å². The topological polar surface area (TPSA) is 83.8 Å². The van der Waals surface area contributed by atoms with Crippen molar-refractivity contribution >= 4 is 28.3 Å².